The Morgan fingerprint density at radius 1 is 0.861 bits per heavy atom. The molecule has 0 spiro atoms. The Kier molecular flexibility index (Phi) is 8.49. The highest BCUT2D eigenvalue weighted by molar-refractivity contribution is 9.10. The molecule has 0 aromatic heterocycles. The van der Waals surface area contributed by atoms with Crippen LogP contribution in [0.25, 0.3) is 0 Å². The summed E-state index contributed by atoms with van der Waals surface area (Å²) in [5.41, 5.74) is 1.26. The molecule has 3 aromatic carbocycles. The molecule has 0 aliphatic rings. The lowest BCUT2D eigenvalue weighted by Gasteiger charge is -2.24. The van der Waals surface area contributed by atoms with Crippen molar-refractivity contribution in [1.82, 2.24) is 0 Å². The van der Waals surface area contributed by atoms with E-state index in [9.17, 15) is 22.8 Å². The van der Waals surface area contributed by atoms with Crippen molar-refractivity contribution in [2.45, 2.75) is 11.8 Å². The van der Waals surface area contributed by atoms with Gasteiger partial charge in [-0.2, -0.15) is 0 Å². The van der Waals surface area contributed by atoms with Crippen molar-refractivity contribution in [3.05, 3.63) is 87.9 Å². The van der Waals surface area contributed by atoms with Gasteiger partial charge in [0, 0.05) is 10.2 Å². The van der Waals surface area contributed by atoms with Crippen LogP contribution in [0.4, 0.5) is 11.4 Å². The summed E-state index contributed by atoms with van der Waals surface area (Å²) in [7, 11) is -1.76. The second-order valence-corrected chi connectivity index (χ2v) is 10.4. The molecule has 0 aliphatic heterocycles. The molecule has 11 heteroatoms. The minimum absolute atomic E-state index is 0.00717. The number of hydrogen-bond donors (Lipinski definition) is 1. The zero-order valence-corrected chi connectivity index (χ0v) is 22.1. The molecule has 0 aliphatic carbocycles. The third kappa shape index (κ3) is 6.29. The van der Waals surface area contributed by atoms with Crippen LogP contribution in [-0.4, -0.2) is 47.0 Å². The van der Waals surface area contributed by atoms with E-state index in [0.717, 1.165) is 14.3 Å². The minimum Gasteiger partial charge on any atom is -0.465 e. The maximum atomic E-state index is 13.5. The monoisotopic (exact) mass is 574 g/mol. The lowest BCUT2D eigenvalue weighted by Crippen LogP contribution is -2.38. The van der Waals surface area contributed by atoms with Gasteiger partial charge in [0.2, 0.25) is 5.91 Å². The summed E-state index contributed by atoms with van der Waals surface area (Å²) in [4.78, 5) is 37.1. The number of amides is 1. The fraction of sp³-hybridized carbons (Fsp3) is 0.160. The summed E-state index contributed by atoms with van der Waals surface area (Å²) >= 11 is 3.32. The van der Waals surface area contributed by atoms with Crippen LogP contribution in [0, 0.1) is 6.92 Å². The number of ether oxygens (including phenoxy) is 2. The lowest BCUT2D eigenvalue weighted by atomic mass is 10.1. The molecule has 0 unspecified atom stereocenters. The first-order chi connectivity index (χ1) is 17.0. The number of anilines is 2. The van der Waals surface area contributed by atoms with Crippen LogP contribution in [0.1, 0.15) is 26.3 Å². The molecule has 9 nitrogen and oxygen atoms in total. The van der Waals surface area contributed by atoms with Gasteiger partial charge in [-0.05, 0) is 61.5 Å². The number of esters is 2. The third-order valence-electron chi connectivity index (χ3n) is 5.07. The smallest absolute Gasteiger partial charge is 0.337 e. The Morgan fingerprint density at radius 2 is 1.39 bits per heavy atom. The van der Waals surface area contributed by atoms with Crippen molar-refractivity contribution in [2.75, 3.05) is 30.4 Å². The van der Waals surface area contributed by atoms with Gasteiger partial charge in [0.05, 0.1) is 35.9 Å². The number of sulfonamides is 1. The van der Waals surface area contributed by atoms with Gasteiger partial charge >= 0.3 is 11.9 Å². The van der Waals surface area contributed by atoms with Crippen LogP contribution >= 0.6 is 15.9 Å². The number of carbonyl (C=O) groups is 3. The molecule has 0 saturated carbocycles. The average Bonchev–Trinajstić information content (AvgIpc) is 2.86. The molecule has 0 heterocycles. The third-order valence-corrected chi connectivity index (χ3v) is 7.39. The first-order valence-electron chi connectivity index (χ1n) is 10.5. The summed E-state index contributed by atoms with van der Waals surface area (Å²) in [6.45, 7) is 1.26. The van der Waals surface area contributed by atoms with E-state index in [0.29, 0.717) is 0 Å². The van der Waals surface area contributed by atoms with Gasteiger partial charge in [0.1, 0.15) is 6.54 Å². The van der Waals surface area contributed by atoms with Gasteiger partial charge in [-0.25, -0.2) is 18.0 Å². The van der Waals surface area contributed by atoms with E-state index >= 15 is 0 Å². The largest absolute Gasteiger partial charge is 0.465 e. The van der Waals surface area contributed by atoms with Crippen LogP contribution in [-0.2, 0) is 24.3 Å². The molecule has 1 N–H and O–H groups in total. The summed E-state index contributed by atoms with van der Waals surface area (Å²) in [6, 6.07) is 16.6. The van der Waals surface area contributed by atoms with Crippen LogP contribution in [0.2, 0.25) is 0 Å². The number of aryl methyl sites for hydroxylation is 1. The summed E-state index contributed by atoms with van der Waals surface area (Å²) in [6.07, 6.45) is 0. The van der Waals surface area contributed by atoms with Gasteiger partial charge in [-0.1, -0.05) is 33.6 Å². The Balaban J connectivity index is 1.97. The maximum absolute atomic E-state index is 13.5. The molecule has 3 aromatic rings. The molecule has 0 atom stereocenters. The van der Waals surface area contributed by atoms with Crippen molar-refractivity contribution in [1.29, 1.82) is 0 Å². The maximum Gasteiger partial charge on any atom is 0.337 e. The number of carbonyl (C=O) groups excluding carboxylic acids is 3. The van der Waals surface area contributed by atoms with Crippen molar-refractivity contribution in [3.63, 3.8) is 0 Å². The summed E-state index contributed by atoms with van der Waals surface area (Å²) in [5.74, 6) is -2.16. The highest BCUT2D eigenvalue weighted by Gasteiger charge is 2.27. The van der Waals surface area contributed by atoms with Crippen LogP contribution in [0.5, 0.6) is 0 Å². The highest BCUT2D eigenvalue weighted by Crippen LogP contribution is 2.26. The van der Waals surface area contributed by atoms with Crippen LogP contribution < -0.4 is 9.62 Å². The average molecular weight is 575 g/mol. The topological polar surface area (TPSA) is 119 Å². The molecule has 0 radical (unpaired) electrons. The van der Waals surface area contributed by atoms with Crippen LogP contribution in [0.3, 0.4) is 0 Å². The number of rotatable bonds is 8. The quantitative estimate of drug-likeness (QED) is 0.401. The van der Waals surface area contributed by atoms with E-state index in [-0.39, 0.29) is 27.4 Å². The molecule has 36 heavy (non-hydrogen) atoms. The number of nitrogens with one attached hydrogen (secondary N) is 1. The van der Waals surface area contributed by atoms with E-state index in [4.69, 9.17) is 9.47 Å². The van der Waals surface area contributed by atoms with Crippen molar-refractivity contribution in [3.8, 4) is 0 Å². The fourth-order valence-corrected chi connectivity index (χ4v) is 4.95. The molecule has 0 fully saturated rings. The van der Waals surface area contributed by atoms with E-state index in [2.05, 4.69) is 21.2 Å². The van der Waals surface area contributed by atoms with Crippen molar-refractivity contribution < 1.29 is 32.3 Å². The summed E-state index contributed by atoms with van der Waals surface area (Å²) in [5, 5.41) is 2.56. The zero-order valence-electron chi connectivity index (χ0n) is 19.6. The molecule has 0 bridgehead atoms. The Labute approximate surface area is 217 Å². The minimum atomic E-state index is -4.11. The second-order valence-electron chi connectivity index (χ2n) is 7.63. The highest BCUT2D eigenvalue weighted by atomic mass is 79.9. The Morgan fingerprint density at radius 3 is 1.89 bits per heavy atom. The normalized spacial score (nSPS) is 10.9. The molecule has 1 amide bonds. The number of hydrogen-bond acceptors (Lipinski definition) is 7. The SMILES string of the molecule is COC(=O)c1cc(NC(=O)CN(c2ccc(Br)cc2)S(=O)(=O)c2ccc(C)cc2)cc(C(=O)OC)c1. The molecule has 188 valence electrons. The molecular weight excluding hydrogens is 552 g/mol. The van der Waals surface area contributed by atoms with E-state index in [1.807, 2.05) is 6.92 Å². The molecule has 3 rings (SSSR count). The lowest BCUT2D eigenvalue weighted by molar-refractivity contribution is -0.114. The second kappa shape index (κ2) is 11.4. The van der Waals surface area contributed by atoms with Gasteiger partial charge in [-0.15, -0.1) is 0 Å². The van der Waals surface area contributed by atoms with Gasteiger partial charge in [0.15, 0.2) is 0 Å². The zero-order chi connectivity index (χ0) is 26.5. The Hall–Kier alpha value is -3.70. The number of halogens is 1. The first kappa shape index (κ1) is 26.9. The Bertz CT molecular complexity index is 1350. The summed E-state index contributed by atoms with van der Waals surface area (Å²) < 4.78 is 38.1. The fourth-order valence-electron chi connectivity index (χ4n) is 3.26. The van der Waals surface area contributed by atoms with Crippen LogP contribution in [0.15, 0.2) is 76.1 Å². The number of methoxy groups -OCH3 is 2. The molecular formula is C25H23BrN2O7S. The predicted octanol–water partition coefficient (Wildman–Crippen LogP) is 4.16. The predicted molar refractivity (Wildman–Crippen MR) is 138 cm³/mol. The van der Waals surface area contributed by atoms with Crippen molar-refractivity contribution >= 4 is 55.2 Å². The number of nitrogens with zero attached hydrogens (tertiary/aromatic N) is 1. The van der Waals surface area contributed by atoms with Gasteiger partial charge < -0.3 is 14.8 Å². The first-order valence-corrected chi connectivity index (χ1v) is 12.7. The van der Waals surface area contributed by atoms with Gasteiger partial charge in [-0.3, -0.25) is 9.10 Å². The van der Waals surface area contributed by atoms with Gasteiger partial charge in [0.25, 0.3) is 10.0 Å². The van der Waals surface area contributed by atoms with Crippen molar-refractivity contribution in [2.24, 2.45) is 0 Å². The van der Waals surface area contributed by atoms with E-state index < -0.39 is 34.4 Å². The number of benzene rings is 3. The van der Waals surface area contributed by atoms with E-state index in [1.54, 1.807) is 36.4 Å². The van der Waals surface area contributed by atoms with E-state index in [1.165, 1.54) is 44.6 Å². The molecule has 0 saturated heterocycles. The standard InChI is InChI=1S/C25H23BrN2O7S/c1-16-4-10-22(11-5-16)36(32,33)28(21-8-6-19(26)7-9-21)15-23(29)27-20-13-17(24(30)34-2)12-18(14-20)25(31)35-3/h4-14H,15H2,1-3H3,(H,27,29).